The van der Waals surface area contributed by atoms with E-state index >= 15 is 0 Å². The number of aliphatic carboxylic acids is 2. The minimum atomic E-state index is -2.14. The average molecular weight is 620 g/mol. The van der Waals surface area contributed by atoms with Gasteiger partial charge in [-0.1, -0.05) is 6.07 Å². The van der Waals surface area contributed by atoms with Crippen LogP contribution in [0.25, 0.3) is 0 Å². The SMILES string of the molecule is COc1ccc2c3c1O[C@H]1C(OC(=O)CC(OC(=O)C(C)O)C(=O)OC(CC(=O)O)C(=O)O)=CC[C@@]4(O)C(C2)N(C)CC[C@]314. The van der Waals surface area contributed by atoms with Gasteiger partial charge in [-0.15, -0.1) is 0 Å². The lowest BCUT2D eigenvalue weighted by Crippen LogP contribution is -2.74. The molecular formula is C29H33NO14. The number of aliphatic hydroxyl groups is 2. The number of methoxy groups -OCH3 is 1. The predicted molar refractivity (Wildman–Crippen MR) is 144 cm³/mol. The first-order valence-electron chi connectivity index (χ1n) is 14.0. The summed E-state index contributed by atoms with van der Waals surface area (Å²) in [6.07, 6.45) is -6.27. The minimum absolute atomic E-state index is 0.0531. The molecule has 4 N–H and O–H groups in total. The van der Waals surface area contributed by atoms with Crippen LogP contribution in [0.2, 0.25) is 0 Å². The molecule has 4 aliphatic rings. The van der Waals surface area contributed by atoms with Crippen LogP contribution in [0.5, 0.6) is 11.5 Å². The number of ether oxygens (including phenoxy) is 5. The van der Waals surface area contributed by atoms with Gasteiger partial charge in [-0.2, -0.15) is 0 Å². The van der Waals surface area contributed by atoms with Crippen molar-refractivity contribution in [1.82, 2.24) is 4.90 Å². The zero-order chi connectivity index (χ0) is 32.1. The lowest BCUT2D eigenvalue weighted by Gasteiger charge is -2.61. The molecule has 1 aromatic carbocycles. The van der Waals surface area contributed by atoms with Crippen molar-refractivity contribution < 1.29 is 68.1 Å². The highest BCUT2D eigenvalue weighted by atomic mass is 16.6. The predicted octanol–water partition coefficient (Wildman–Crippen LogP) is -0.330. The van der Waals surface area contributed by atoms with Crippen LogP contribution >= 0.6 is 0 Å². The Hall–Kier alpha value is -4.21. The van der Waals surface area contributed by atoms with Crippen LogP contribution < -0.4 is 9.47 Å². The summed E-state index contributed by atoms with van der Waals surface area (Å²) < 4.78 is 27.3. The van der Waals surface area contributed by atoms with Gasteiger partial charge >= 0.3 is 29.8 Å². The Morgan fingerprint density at radius 2 is 1.80 bits per heavy atom. The van der Waals surface area contributed by atoms with Gasteiger partial charge in [0.15, 0.2) is 17.6 Å². The van der Waals surface area contributed by atoms with Crippen LogP contribution in [0.15, 0.2) is 24.0 Å². The van der Waals surface area contributed by atoms with Crippen LogP contribution in [-0.2, 0) is 50.0 Å². The number of likely N-dealkylation sites (N-methyl/N-ethyl adjacent to an activating group) is 1. The maximum absolute atomic E-state index is 13.2. The van der Waals surface area contributed by atoms with Crippen LogP contribution in [0, 0.1) is 0 Å². The summed E-state index contributed by atoms with van der Waals surface area (Å²) >= 11 is 0. The maximum atomic E-state index is 13.2. The molecule has 1 fully saturated rings. The number of rotatable bonds is 11. The zero-order valence-corrected chi connectivity index (χ0v) is 24.2. The van der Waals surface area contributed by atoms with Gasteiger partial charge in [0, 0.05) is 18.0 Å². The van der Waals surface area contributed by atoms with Crippen LogP contribution in [0.3, 0.4) is 0 Å². The molecule has 5 rings (SSSR count). The highest BCUT2D eigenvalue weighted by molar-refractivity contribution is 5.88. The lowest BCUT2D eigenvalue weighted by atomic mass is 9.50. The van der Waals surface area contributed by atoms with Gasteiger partial charge in [0.05, 0.1) is 31.0 Å². The Morgan fingerprint density at radius 3 is 2.43 bits per heavy atom. The van der Waals surface area contributed by atoms with Crippen molar-refractivity contribution in [2.45, 2.75) is 80.5 Å². The van der Waals surface area contributed by atoms with E-state index < -0.39 is 78.1 Å². The number of piperidine rings is 1. The largest absolute Gasteiger partial charge is 0.493 e. The van der Waals surface area contributed by atoms with E-state index in [0.29, 0.717) is 30.9 Å². The third-order valence-corrected chi connectivity index (χ3v) is 8.90. The summed E-state index contributed by atoms with van der Waals surface area (Å²) in [7, 11) is 3.43. The number of hydrogen-bond acceptors (Lipinski definition) is 13. The number of nitrogens with zero attached hydrogens (tertiary/aromatic N) is 1. The minimum Gasteiger partial charge on any atom is -0.493 e. The first-order valence-corrected chi connectivity index (χ1v) is 14.0. The quantitative estimate of drug-likeness (QED) is 0.184. The van der Waals surface area contributed by atoms with Crippen LogP contribution in [0.1, 0.15) is 43.7 Å². The Bertz CT molecular complexity index is 1440. The Balaban J connectivity index is 1.42. The molecule has 1 saturated heterocycles. The van der Waals surface area contributed by atoms with Crippen LogP contribution in [-0.4, -0.2) is 112 Å². The number of hydrogen-bond donors (Lipinski definition) is 4. The molecule has 2 aliphatic carbocycles. The molecule has 44 heavy (non-hydrogen) atoms. The van der Waals surface area contributed by atoms with E-state index in [1.807, 2.05) is 13.1 Å². The van der Waals surface area contributed by atoms with Crippen molar-refractivity contribution >= 4 is 29.8 Å². The van der Waals surface area contributed by atoms with Crippen LogP contribution in [0.4, 0.5) is 0 Å². The molecule has 1 aromatic rings. The van der Waals surface area contributed by atoms with E-state index in [-0.39, 0.29) is 18.2 Å². The fourth-order valence-electron chi connectivity index (χ4n) is 6.88. The number of carboxylic acids is 2. The summed E-state index contributed by atoms with van der Waals surface area (Å²) in [5.74, 6) is -6.38. The van der Waals surface area contributed by atoms with Gasteiger partial charge in [0.2, 0.25) is 12.2 Å². The molecule has 2 heterocycles. The summed E-state index contributed by atoms with van der Waals surface area (Å²) in [4.78, 5) is 62.7. The third kappa shape index (κ3) is 4.94. The summed E-state index contributed by atoms with van der Waals surface area (Å²) in [6, 6.07) is 3.45. The normalized spacial score (nSPS) is 28.2. The Kier molecular flexibility index (Phi) is 8.07. The molecule has 0 radical (unpaired) electrons. The fraction of sp³-hybridized carbons (Fsp3) is 0.552. The summed E-state index contributed by atoms with van der Waals surface area (Å²) in [6.45, 7) is 1.66. The van der Waals surface area contributed by atoms with Crippen molar-refractivity contribution in [3.05, 3.63) is 35.1 Å². The van der Waals surface area contributed by atoms with Crippen molar-refractivity contribution in [3.63, 3.8) is 0 Å². The zero-order valence-electron chi connectivity index (χ0n) is 24.2. The number of aliphatic hydroxyl groups excluding tert-OH is 1. The van der Waals surface area contributed by atoms with Gasteiger partial charge in [-0.25, -0.2) is 14.4 Å². The van der Waals surface area contributed by atoms with E-state index in [2.05, 4.69) is 4.90 Å². The third-order valence-electron chi connectivity index (χ3n) is 8.90. The second-order valence-electron chi connectivity index (χ2n) is 11.4. The highest BCUT2D eigenvalue weighted by Gasteiger charge is 2.72. The van der Waals surface area contributed by atoms with Gasteiger partial charge in [-0.3, -0.25) is 9.59 Å². The second kappa shape index (κ2) is 11.4. The number of likely N-dealkylation sites (tertiary alicyclic amines) is 1. The van der Waals surface area contributed by atoms with E-state index in [4.69, 9.17) is 28.8 Å². The van der Waals surface area contributed by atoms with Gasteiger partial charge < -0.3 is 49.0 Å². The molecule has 238 valence electrons. The fourth-order valence-corrected chi connectivity index (χ4v) is 6.88. The van der Waals surface area contributed by atoms with Crippen molar-refractivity contribution in [2.75, 3.05) is 20.7 Å². The summed E-state index contributed by atoms with van der Waals surface area (Å²) in [5, 5.41) is 40.0. The number of carboxylic acid groups (broad SMARTS) is 2. The first kappa shape index (κ1) is 31.2. The molecule has 15 nitrogen and oxygen atoms in total. The molecule has 0 amide bonds. The molecule has 0 saturated carbocycles. The summed E-state index contributed by atoms with van der Waals surface area (Å²) in [5.41, 5.74) is -0.505. The van der Waals surface area contributed by atoms with E-state index in [0.717, 1.165) is 18.1 Å². The number of carbonyl (C=O) groups excluding carboxylic acids is 3. The van der Waals surface area contributed by atoms with E-state index in [1.54, 1.807) is 12.1 Å². The van der Waals surface area contributed by atoms with E-state index in [1.165, 1.54) is 7.11 Å². The Labute approximate surface area is 250 Å². The number of esters is 3. The molecule has 1 spiro atoms. The number of benzene rings is 1. The molecule has 4 unspecified atom stereocenters. The molecular weight excluding hydrogens is 586 g/mol. The first-order chi connectivity index (χ1) is 20.7. The molecule has 0 aromatic heterocycles. The molecule has 7 atom stereocenters. The maximum Gasteiger partial charge on any atom is 0.348 e. The monoisotopic (exact) mass is 619 g/mol. The van der Waals surface area contributed by atoms with Gasteiger partial charge in [-0.05, 0) is 51.1 Å². The second-order valence-corrected chi connectivity index (χ2v) is 11.4. The van der Waals surface area contributed by atoms with E-state index in [9.17, 15) is 39.3 Å². The smallest absolute Gasteiger partial charge is 0.348 e. The molecule has 15 heteroatoms. The van der Waals surface area contributed by atoms with Crippen molar-refractivity contribution in [3.8, 4) is 11.5 Å². The Morgan fingerprint density at radius 1 is 1.09 bits per heavy atom. The topological polar surface area (TPSA) is 216 Å². The van der Waals surface area contributed by atoms with Gasteiger partial charge in [0.25, 0.3) is 0 Å². The lowest BCUT2D eigenvalue weighted by molar-refractivity contribution is -0.184. The standard InChI is InChI=1S/C29H33NO14/c1-13(31)26(37)43-18(27(38)42-17(25(35)36)11-20(32)33)12-21(34)41-16-6-7-29(39)19-10-14-4-5-15(40-3)23-22(14)28(29,24(16)44-23)8-9-30(19)2/h4-6,13,17-19,24,31,39H,7-12H2,1-3H3,(H,32,33)(H,35,36)/t13?,17?,18?,19?,24-,28-,29+/m0/s1. The molecule has 2 bridgehead atoms. The highest BCUT2D eigenvalue weighted by Crippen LogP contribution is 2.65. The van der Waals surface area contributed by atoms with Crippen molar-refractivity contribution in [1.29, 1.82) is 0 Å². The number of carbonyl (C=O) groups is 5. The van der Waals surface area contributed by atoms with Gasteiger partial charge in [0.1, 0.15) is 11.9 Å². The van der Waals surface area contributed by atoms with Crippen molar-refractivity contribution in [2.24, 2.45) is 0 Å². The average Bonchev–Trinajstić information content (AvgIpc) is 3.31. The molecule has 2 aliphatic heterocycles.